The smallest absolute Gasteiger partial charge is 0.243 e. The van der Waals surface area contributed by atoms with Crippen LogP contribution in [0.5, 0.6) is 5.75 Å². The Bertz CT molecular complexity index is 1140. The van der Waals surface area contributed by atoms with E-state index in [4.69, 9.17) is 9.47 Å². The minimum Gasteiger partial charge on any atom is -0.497 e. The van der Waals surface area contributed by atoms with Gasteiger partial charge < -0.3 is 14.8 Å². The van der Waals surface area contributed by atoms with Gasteiger partial charge in [-0.3, -0.25) is 4.79 Å². The highest BCUT2D eigenvalue weighted by molar-refractivity contribution is 7.89. The number of benzene rings is 2. The van der Waals surface area contributed by atoms with Crippen molar-refractivity contribution >= 4 is 27.0 Å². The molecule has 0 saturated carbocycles. The van der Waals surface area contributed by atoms with Gasteiger partial charge in [0, 0.05) is 20.7 Å². The monoisotopic (exact) mass is 447 g/mol. The van der Waals surface area contributed by atoms with Crippen LogP contribution in [0.1, 0.15) is 5.56 Å². The molecule has 2 aromatic carbocycles. The number of methoxy groups -OCH3 is 2. The van der Waals surface area contributed by atoms with Gasteiger partial charge in [-0.2, -0.15) is 4.31 Å². The van der Waals surface area contributed by atoms with E-state index in [9.17, 15) is 13.2 Å². The number of carbonyl (C=O) groups is 1. The Morgan fingerprint density at radius 2 is 1.90 bits per heavy atom. The van der Waals surface area contributed by atoms with Crippen LogP contribution in [0, 0.1) is 0 Å². The van der Waals surface area contributed by atoms with E-state index >= 15 is 0 Å². The van der Waals surface area contributed by atoms with Crippen molar-refractivity contribution in [2.45, 2.75) is 18.0 Å². The Balaban J connectivity index is 1.64. The van der Waals surface area contributed by atoms with Crippen molar-refractivity contribution in [3.63, 3.8) is 0 Å². The molecule has 11 heteroatoms. The molecule has 0 aliphatic heterocycles. The second kappa shape index (κ2) is 9.86. The Labute approximate surface area is 180 Å². The summed E-state index contributed by atoms with van der Waals surface area (Å²) in [4.78, 5) is 12.3. The Hall–Kier alpha value is -3.02. The van der Waals surface area contributed by atoms with Gasteiger partial charge in [-0.05, 0) is 35.9 Å². The first-order chi connectivity index (χ1) is 14.8. The largest absolute Gasteiger partial charge is 0.497 e. The lowest BCUT2D eigenvalue weighted by molar-refractivity contribution is -0.121. The molecule has 1 aromatic heterocycles. The Morgan fingerprint density at radius 3 is 2.58 bits per heavy atom. The SMILES string of the molecule is COCCn1nnc2cc(S(=O)(=O)N(C)CC(=O)NCc3ccc(OC)cc3)ccc21. The van der Waals surface area contributed by atoms with Crippen LogP contribution in [0.3, 0.4) is 0 Å². The molecular formula is C20H25N5O5S. The normalized spacial score (nSPS) is 11.7. The van der Waals surface area contributed by atoms with E-state index in [1.165, 1.54) is 19.2 Å². The Kier molecular flexibility index (Phi) is 7.21. The summed E-state index contributed by atoms with van der Waals surface area (Å²) in [5.41, 5.74) is 2.03. The number of nitrogens with zero attached hydrogens (tertiary/aromatic N) is 4. The van der Waals surface area contributed by atoms with Crippen molar-refractivity contribution in [1.82, 2.24) is 24.6 Å². The Morgan fingerprint density at radius 1 is 1.16 bits per heavy atom. The third-order valence-electron chi connectivity index (χ3n) is 4.72. The molecule has 0 radical (unpaired) electrons. The zero-order valence-electron chi connectivity index (χ0n) is 17.6. The minimum absolute atomic E-state index is 0.0456. The lowest BCUT2D eigenvalue weighted by atomic mass is 10.2. The quantitative estimate of drug-likeness (QED) is 0.493. The molecule has 3 aromatic rings. The molecule has 0 bridgehead atoms. The summed E-state index contributed by atoms with van der Waals surface area (Å²) in [7, 11) is 0.660. The van der Waals surface area contributed by atoms with Crippen molar-refractivity contribution in [2.75, 3.05) is 34.4 Å². The number of fused-ring (bicyclic) bond motifs is 1. The highest BCUT2D eigenvalue weighted by atomic mass is 32.2. The molecule has 10 nitrogen and oxygen atoms in total. The topological polar surface area (TPSA) is 116 Å². The average molecular weight is 448 g/mol. The first kappa shape index (κ1) is 22.7. The summed E-state index contributed by atoms with van der Waals surface area (Å²) in [5, 5.41) is 10.8. The standard InChI is InChI=1S/C20H25N5O5S/c1-24(14-20(26)21-13-15-4-6-16(30-3)7-5-15)31(27,28)17-8-9-19-18(12-17)22-23-25(19)10-11-29-2/h4-9,12H,10-11,13-14H2,1-3H3,(H,21,26). The number of rotatable bonds is 10. The second-order valence-corrected chi connectivity index (χ2v) is 8.89. The van der Waals surface area contributed by atoms with Crippen molar-refractivity contribution in [3.05, 3.63) is 48.0 Å². The number of carbonyl (C=O) groups excluding carboxylic acids is 1. The highest BCUT2D eigenvalue weighted by Crippen LogP contribution is 2.20. The van der Waals surface area contributed by atoms with Crippen LogP contribution in [0.4, 0.5) is 0 Å². The van der Waals surface area contributed by atoms with E-state index in [-0.39, 0.29) is 18.0 Å². The van der Waals surface area contributed by atoms with E-state index in [1.54, 1.807) is 37.1 Å². The second-order valence-electron chi connectivity index (χ2n) is 6.84. The zero-order chi connectivity index (χ0) is 22.4. The van der Waals surface area contributed by atoms with Crippen LogP contribution in [-0.2, 0) is 32.6 Å². The molecule has 1 heterocycles. The molecule has 31 heavy (non-hydrogen) atoms. The van der Waals surface area contributed by atoms with Gasteiger partial charge in [-0.1, -0.05) is 17.3 Å². The van der Waals surface area contributed by atoms with E-state index in [1.807, 2.05) is 12.1 Å². The van der Waals surface area contributed by atoms with Gasteiger partial charge in [0.1, 0.15) is 11.3 Å². The molecule has 0 spiro atoms. The third-order valence-corrected chi connectivity index (χ3v) is 6.52. The molecular weight excluding hydrogens is 422 g/mol. The predicted molar refractivity (Wildman–Crippen MR) is 114 cm³/mol. The fraction of sp³-hybridized carbons (Fsp3) is 0.350. The van der Waals surface area contributed by atoms with Crippen molar-refractivity contribution in [3.8, 4) is 5.75 Å². The van der Waals surface area contributed by atoms with Crippen LogP contribution in [0.2, 0.25) is 0 Å². The third kappa shape index (κ3) is 5.37. The number of hydrogen-bond donors (Lipinski definition) is 1. The van der Waals surface area contributed by atoms with Gasteiger partial charge in [-0.15, -0.1) is 5.10 Å². The summed E-state index contributed by atoms with van der Waals surface area (Å²) < 4.78 is 38.6. The fourth-order valence-corrected chi connectivity index (χ4v) is 4.07. The van der Waals surface area contributed by atoms with Crippen LogP contribution < -0.4 is 10.1 Å². The van der Waals surface area contributed by atoms with Crippen LogP contribution in [-0.4, -0.2) is 68.0 Å². The predicted octanol–water partition coefficient (Wildman–Crippen LogP) is 1.02. The number of hydrogen-bond acceptors (Lipinski definition) is 7. The van der Waals surface area contributed by atoms with E-state index in [2.05, 4.69) is 15.6 Å². The number of sulfonamides is 1. The fourth-order valence-electron chi connectivity index (χ4n) is 2.92. The molecule has 3 rings (SSSR count). The molecule has 0 aliphatic carbocycles. The lowest BCUT2D eigenvalue weighted by Gasteiger charge is -2.17. The minimum atomic E-state index is -3.87. The van der Waals surface area contributed by atoms with Crippen LogP contribution >= 0.6 is 0 Å². The summed E-state index contributed by atoms with van der Waals surface area (Å²) in [6, 6.07) is 11.8. The van der Waals surface area contributed by atoms with Crippen LogP contribution in [0.15, 0.2) is 47.4 Å². The maximum Gasteiger partial charge on any atom is 0.243 e. The molecule has 1 N–H and O–H groups in total. The van der Waals surface area contributed by atoms with Crippen molar-refractivity contribution < 1.29 is 22.7 Å². The van der Waals surface area contributed by atoms with Gasteiger partial charge in [0.15, 0.2) is 0 Å². The summed E-state index contributed by atoms with van der Waals surface area (Å²) in [5.74, 6) is 0.310. The summed E-state index contributed by atoms with van der Waals surface area (Å²) in [6.45, 7) is 0.949. The van der Waals surface area contributed by atoms with E-state index in [0.717, 1.165) is 15.6 Å². The van der Waals surface area contributed by atoms with Crippen molar-refractivity contribution in [2.24, 2.45) is 0 Å². The number of likely N-dealkylation sites (N-methyl/N-ethyl adjacent to an activating group) is 1. The lowest BCUT2D eigenvalue weighted by Crippen LogP contribution is -2.38. The van der Waals surface area contributed by atoms with E-state index in [0.29, 0.717) is 24.2 Å². The number of amides is 1. The molecule has 166 valence electrons. The highest BCUT2D eigenvalue weighted by Gasteiger charge is 2.24. The average Bonchev–Trinajstić information content (AvgIpc) is 3.18. The molecule has 0 unspecified atom stereocenters. The first-order valence-electron chi connectivity index (χ1n) is 9.53. The maximum absolute atomic E-state index is 12.9. The number of aromatic nitrogens is 3. The number of nitrogens with one attached hydrogen (secondary N) is 1. The zero-order valence-corrected chi connectivity index (χ0v) is 18.4. The molecule has 0 aliphatic rings. The molecule has 0 saturated heterocycles. The molecule has 1 amide bonds. The molecule has 0 atom stereocenters. The van der Waals surface area contributed by atoms with Gasteiger partial charge >= 0.3 is 0 Å². The van der Waals surface area contributed by atoms with Gasteiger partial charge in [-0.25, -0.2) is 13.1 Å². The number of ether oxygens (including phenoxy) is 2. The van der Waals surface area contributed by atoms with Crippen molar-refractivity contribution in [1.29, 1.82) is 0 Å². The molecule has 0 fully saturated rings. The maximum atomic E-state index is 12.9. The summed E-state index contributed by atoms with van der Waals surface area (Å²) in [6.07, 6.45) is 0. The van der Waals surface area contributed by atoms with E-state index < -0.39 is 15.9 Å². The summed E-state index contributed by atoms with van der Waals surface area (Å²) >= 11 is 0. The van der Waals surface area contributed by atoms with Crippen LogP contribution in [0.25, 0.3) is 11.0 Å². The van der Waals surface area contributed by atoms with Gasteiger partial charge in [0.05, 0.1) is 37.2 Å². The van der Waals surface area contributed by atoms with Gasteiger partial charge in [0.2, 0.25) is 15.9 Å². The first-order valence-corrected chi connectivity index (χ1v) is 11.0. The van der Waals surface area contributed by atoms with Gasteiger partial charge in [0.25, 0.3) is 0 Å².